The maximum Gasteiger partial charge on any atom is 0.228 e. The third-order valence-electron chi connectivity index (χ3n) is 4.03. The van der Waals surface area contributed by atoms with E-state index in [2.05, 4.69) is 28.6 Å². The molecule has 1 saturated heterocycles. The molecule has 3 rings (SSSR count). The van der Waals surface area contributed by atoms with E-state index >= 15 is 0 Å². The van der Waals surface area contributed by atoms with Crippen LogP contribution in [0.4, 0.5) is 0 Å². The average Bonchev–Trinajstić information content (AvgIpc) is 3.10. The first-order valence-electron chi connectivity index (χ1n) is 7.39. The monoisotopic (exact) mass is 303 g/mol. The van der Waals surface area contributed by atoms with Crippen molar-refractivity contribution in [2.24, 2.45) is 7.05 Å². The largest absolute Gasteiger partial charge is 0.336 e. The van der Waals surface area contributed by atoms with Crippen molar-refractivity contribution in [2.75, 3.05) is 6.54 Å². The van der Waals surface area contributed by atoms with Gasteiger partial charge in [0.15, 0.2) is 0 Å². The highest BCUT2D eigenvalue weighted by Crippen LogP contribution is 2.32. The number of aromatic nitrogens is 2. The molecule has 5 heteroatoms. The van der Waals surface area contributed by atoms with Gasteiger partial charge in [0.25, 0.3) is 0 Å². The SMILES string of the molecule is Cc1cn(C)c([C@@H]2CCCN2C(=O)Cc2ccc(C)s2)n1. The van der Waals surface area contributed by atoms with E-state index in [9.17, 15) is 4.79 Å². The van der Waals surface area contributed by atoms with Gasteiger partial charge in [-0.2, -0.15) is 0 Å². The number of hydrogen-bond acceptors (Lipinski definition) is 3. The van der Waals surface area contributed by atoms with Crippen LogP contribution in [-0.2, 0) is 18.3 Å². The number of nitrogens with zero attached hydrogens (tertiary/aromatic N) is 3. The third-order valence-corrected chi connectivity index (χ3v) is 5.03. The molecule has 21 heavy (non-hydrogen) atoms. The fourth-order valence-corrected chi connectivity index (χ4v) is 3.99. The van der Waals surface area contributed by atoms with Crippen LogP contribution in [0.25, 0.3) is 0 Å². The molecule has 1 fully saturated rings. The molecule has 0 bridgehead atoms. The Kier molecular flexibility index (Phi) is 3.85. The molecular weight excluding hydrogens is 282 g/mol. The van der Waals surface area contributed by atoms with Gasteiger partial charge in [-0.15, -0.1) is 11.3 Å². The molecule has 0 N–H and O–H groups in total. The van der Waals surface area contributed by atoms with E-state index in [0.29, 0.717) is 6.42 Å². The van der Waals surface area contributed by atoms with Crippen LogP contribution in [0, 0.1) is 13.8 Å². The smallest absolute Gasteiger partial charge is 0.228 e. The van der Waals surface area contributed by atoms with Gasteiger partial charge in [-0.3, -0.25) is 4.79 Å². The summed E-state index contributed by atoms with van der Waals surface area (Å²) in [5.41, 5.74) is 1.01. The Balaban J connectivity index is 1.77. The molecule has 0 saturated carbocycles. The Hall–Kier alpha value is -1.62. The lowest BCUT2D eigenvalue weighted by molar-refractivity contribution is -0.131. The molecule has 0 radical (unpaired) electrons. The topological polar surface area (TPSA) is 38.1 Å². The molecule has 0 spiro atoms. The van der Waals surface area contributed by atoms with Crippen LogP contribution in [0.2, 0.25) is 0 Å². The number of amides is 1. The van der Waals surface area contributed by atoms with Crippen molar-refractivity contribution in [3.63, 3.8) is 0 Å². The molecule has 2 aromatic rings. The highest BCUT2D eigenvalue weighted by Gasteiger charge is 2.32. The second kappa shape index (κ2) is 5.64. The summed E-state index contributed by atoms with van der Waals surface area (Å²) in [5.74, 6) is 1.24. The highest BCUT2D eigenvalue weighted by atomic mass is 32.1. The van der Waals surface area contributed by atoms with Crippen LogP contribution in [0.5, 0.6) is 0 Å². The number of carbonyl (C=O) groups is 1. The lowest BCUT2D eigenvalue weighted by Crippen LogP contribution is -2.32. The minimum atomic E-state index is 0.136. The summed E-state index contributed by atoms with van der Waals surface area (Å²) in [5, 5.41) is 0. The minimum Gasteiger partial charge on any atom is -0.336 e. The zero-order chi connectivity index (χ0) is 15.0. The second-order valence-corrected chi connectivity index (χ2v) is 7.16. The van der Waals surface area contributed by atoms with Gasteiger partial charge in [-0.25, -0.2) is 4.98 Å². The Labute approximate surface area is 129 Å². The molecule has 0 aliphatic carbocycles. The van der Waals surface area contributed by atoms with Crippen molar-refractivity contribution in [3.8, 4) is 0 Å². The Morgan fingerprint density at radius 1 is 1.43 bits per heavy atom. The number of rotatable bonds is 3. The first kappa shape index (κ1) is 14.3. The normalized spacial score (nSPS) is 18.4. The predicted octanol–water partition coefficient (Wildman–Crippen LogP) is 3.00. The van der Waals surface area contributed by atoms with Crippen LogP contribution in [0.15, 0.2) is 18.3 Å². The van der Waals surface area contributed by atoms with Gasteiger partial charge in [0.1, 0.15) is 5.82 Å². The van der Waals surface area contributed by atoms with Gasteiger partial charge in [-0.05, 0) is 38.8 Å². The number of likely N-dealkylation sites (tertiary alicyclic amines) is 1. The first-order chi connectivity index (χ1) is 10.0. The van der Waals surface area contributed by atoms with E-state index in [1.54, 1.807) is 11.3 Å². The molecule has 1 aliphatic heterocycles. The molecule has 4 nitrogen and oxygen atoms in total. The zero-order valence-corrected chi connectivity index (χ0v) is 13.6. The zero-order valence-electron chi connectivity index (χ0n) is 12.8. The first-order valence-corrected chi connectivity index (χ1v) is 8.21. The summed E-state index contributed by atoms with van der Waals surface area (Å²) in [4.78, 5) is 21.7. The molecule has 3 heterocycles. The van der Waals surface area contributed by atoms with E-state index in [0.717, 1.165) is 35.8 Å². The maximum atomic E-state index is 12.6. The van der Waals surface area contributed by atoms with Gasteiger partial charge in [0.2, 0.25) is 5.91 Å². The predicted molar refractivity (Wildman–Crippen MR) is 84.4 cm³/mol. The van der Waals surface area contributed by atoms with E-state index < -0.39 is 0 Å². The van der Waals surface area contributed by atoms with Crippen LogP contribution in [-0.4, -0.2) is 26.9 Å². The second-order valence-electron chi connectivity index (χ2n) is 5.79. The third kappa shape index (κ3) is 2.88. The fraction of sp³-hybridized carbons (Fsp3) is 0.500. The van der Waals surface area contributed by atoms with E-state index in [4.69, 9.17) is 0 Å². The van der Waals surface area contributed by atoms with Crippen LogP contribution in [0.1, 0.15) is 40.2 Å². The van der Waals surface area contributed by atoms with Crippen LogP contribution >= 0.6 is 11.3 Å². The average molecular weight is 303 g/mol. The van der Waals surface area contributed by atoms with Gasteiger partial charge >= 0.3 is 0 Å². The van der Waals surface area contributed by atoms with Gasteiger partial charge < -0.3 is 9.47 Å². The van der Waals surface area contributed by atoms with Crippen molar-refractivity contribution < 1.29 is 4.79 Å². The highest BCUT2D eigenvalue weighted by molar-refractivity contribution is 7.12. The lowest BCUT2D eigenvalue weighted by atomic mass is 10.2. The van der Waals surface area contributed by atoms with Gasteiger partial charge in [0, 0.05) is 29.5 Å². The summed E-state index contributed by atoms with van der Waals surface area (Å²) in [6.45, 7) is 4.92. The van der Waals surface area contributed by atoms with E-state index in [1.165, 1.54) is 4.88 Å². The maximum absolute atomic E-state index is 12.6. The summed E-state index contributed by atoms with van der Waals surface area (Å²) in [7, 11) is 2.01. The fourth-order valence-electron chi connectivity index (χ4n) is 3.11. The molecule has 112 valence electrons. The molecule has 0 unspecified atom stereocenters. The summed E-state index contributed by atoms with van der Waals surface area (Å²) in [6, 6.07) is 4.28. The van der Waals surface area contributed by atoms with Crippen molar-refractivity contribution in [1.29, 1.82) is 0 Å². The van der Waals surface area contributed by atoms with Crippen LogP contribution in [0.3, 0.4) is 0 Å². The van der Waals surface area contributed by atoms with Crippen molar-refractivity contribution >= 4 is 17.2 Å². The quantitative estimate of drug-likeness (QED) is 0.874. The molecule has 1 aliphatic rings. The molecule has 1 atom stereocenters. The Bertz CT molecular complexity index is 658. The minimum absolute atomic E-state index is 0.136. The van der Waals surface area contributed by atoms with Gasteiger partial charge in [0.05, 0.1) is 18.2 Å². The van der Waals surface area contributed by atoms with E-state index in [1.807, 2.05) is 25.1 Å². The summed E-state index contributed by atoms with van der Waals surface area (Å²) < 4.78 is 2.06. The van der Waals surface area contributed by atoms with Crippen molar-refractivity contribution in [1.82, 2.24) is 14.5 Å². The number of hydrogen-bond donors (Lipinski definition) is 0. The Morgan fingerprint density at radius 3 is 2.86 bits per heavy atom. The standard InChI is InChI=1S/C16H21N3OS/c1-11-10-18(3)16(17-11)14-5-4-8-19(14)15(20)9-13-7-6-12(2)21-13/h6-7,10,14H,4-5,8-9H2,1-3H3/t14-/m0/s1. The summed E-state index contributed by atoms with van der Waals surface area (Å²) >= 11 is 1.71. The number of aryl methyl sites for hydroxylation is 3. The van der Waals surface area contributed by atoms with Crippen molar-refractivity contribution in [2.45, 2.75) is 39.2 Å². The molecule has 1 amide bonds. The Morgan fingerprint density at radius 2 is 2.24 bits per heavy atom. The lowest BCUT2D eigenvalue weighted by Gasteiger charge is -2.24. The van der Waals surface area contributed by atoms with E-state index in [-0.39, 0.29) is 11.9 Å². The molecular formula is C16H21N3OS. The van der Waals surface area contributed by atoms with Crippen molar-refractivity contribution in [3.05, 3.63) is 39.6 Å². The van der Waals surface area contributed by atoms with Crippen LogP contribution < -0.4 is 0 Å². The summed E-state index contributed by atoms with van der Waals surface area (Å²) in [6.07, 6.45) is 4.61. The van der Waals surface area contributed by atoms with Gasteiger partial charge in [-0.1, -0.05) is 0 Å². The molecule has 2 aromatic heterocycles. The molecule has 0 aromatic carbocycles. The number of carbonyl (C=O) groups excluding carboxylic acids is 1. The number of imidazole rings is 1. The number of thiophene rings is 1.